The molecule has 2 nitrogen and oxygen atoms in total. The second-order valence-electron chi connectivity index (χ2n) is 14.2. The van der Waals surface area contributed by atoms with Crippen molar-refractivity contribution in [3.8, 4) is 33.4 Å². The van der Waals surface area contributed by atoms with Crippen LogP contribution >= 0.6 is 0 Å². The Hall–Kier alpha value is -7.68. The number of benzene rings is 9. The number of hydrogen-bond donors (Lipinski definition) is 0. The summed E-state index contributed by atoms with van der Waals surface area (Å²) >= 11 is 0. The average molecular weight is 759 g/mol. The van der Waals surface area contributed by atoms with Gasteiger partial charge in [0.15, 0.2) is 0 Å². The smallest absolute Gasteiger partial charge is 0.0540 e. The van der Waals surface area contributed by atoms with Crippen molar-refractivity contribution in [2.45, 2.75) is 6.92 Å². The number of nitrogens with zero attached hydrogens (tertiary/aromatic N) is 2. The highest BCUT2D eigenvalue weighted by Crippen LogP contribution is 2.41. The molecule has 59 heavy (non-hydrogen) atoms. The first kappa shape index (κ1) is 38.2. The summed E-state index contributed by atoms with van der Waals surface area (Å²) in [5, 5.41) is 2.44. The van der Waals surface area contributed by atoms with Gasteiger partial charge in [0.25, 0.3) is 0 Å². The highest BCUT2D eigenvalue weighted by Gasteiger charge is 2.17. The molecule has 0 bridgehead atoms. The first-order valence-corrected chi connectivity index (χ1v) is 20.1. The van der Waals surface area contributed by atoms with E-state index in [0.717, 1.165) is 34.1 Å². The summed E-state index contributed by atoms with van der Waals surface area (Å²) in [5.74, 6) is 0. The third-order valence-corrected chi connectivity index (χ3v) is 10.4. The Bertz CT molecular complexity index is 2650. The molecule has 9 aromatic carbocycles. The molecule has 0 aliphatic carbocycles. The van der Waals surface area contributed by atoms with Gasteiger partial charge < -0.3 is 9.80 Å². The van der Waals surface area contributed by atoms with Gasteiger partial charge in [0.2, 0.25) is 0 Å². The lowest BCUT2D eigenvalue weighted by Crippen LogP contribution is -2.10. The zero-order valence-corrected chi connectivity index (χ0v) is 33.3. The van der Waals surface area contributed by atoms with Gasteiger partial charge in [-0.05, 0) is 112 Å². The molecule has 0 aromatic heterocycles. The molecule has 2 heteroatoms. The Morgan fingerprint density at radius 3 is 1.07 bits per heavy atom. The third-order valence-electron chi connectivity index (χ3n) is 10.4. The second-order valence-corrected chi connectivity index (χ2v) is 14.2. The monoisotopic (exact) mass is 758 g/mol. The molecule has 0 fully saturated rings. The summed E-state index contributed by atoms with van der Waals surface area (Å²) in [7, 11) is 0. The Labute approximate surface area is 348 Å². The van der Waals surface area contributed by atoms with Crippen LogP contribution in [0.2, 0.25) is 0 Å². The molecule has 0 unspecified atom stereocenters. The number of hydrogen-bond acceptors (Lipinski definition) is 2. The molecular formula is C57H46N2. The minimum atomic E-state index is 1.10. The molecule has 0 aliphatic rings. The lowest BCUT2D eigenvalue weighted by molar-refractivity contribution is 1.28. The number of fused-ring (bicyclic) bond motifs is 1. The van der Waals surface area contributed by atoms with E-state index >= 15 is 0 Å². The molecule has 0 saturated carbocycles. The minimum absolute atomic E-state index is 1.10. The van der Waals surface area contributed by atoms with Crippen LogP contribution in [0.25, 0.3) is 44.2 Å². The fourth-order valence-corrected chi connectivity index (χ4v) is 7.46. The maximum atomic E-state index is 3.46. The summed E-state index contributed by atoms with van der Waals surface area (Å²) < 4.78 is 0. The van der Waals surface area contributed by atoms with Crippen molar-refractivity contribution in [2.75, 3.05) is 9.80 Å². The maximum absolute atomic E-state index is 3.46. The fourth-order valence-electron chi connectivity index (χ4n) is 7.46. The molecule has 9 rings (SSSR count). The topological polar surface area (TPSA) is 6.48 Å². The Balaban J connectivity index is 0.000000915. The number of anilines is 6. The number of para-hydroxylation sites is 1. The van der Waals surface area contributed by atoms with Crippen LogP contribution in [0.15, 0.2) is 255 Å². The van der Waals surface area contributed by atoms with Crippen molar-refractivity contribution in [3.63, 3.8) is 0 Å². The lowest BCUT2D eigenvalue weighted by Gasteiger charge is -2.27. The quantitative estimate of drug-likeness (QED) is 0.128. The van der Waals surface area contributed by atoms with Crippen LogP contribution in [-0.2, 0) is 0 Å². The van der Waals surface area contributed by atoms with Crippen molar-refractivity contribution < 1.29 is 0 Å². The SMILES string of the molecule is C=C/C=C\C.c1ccc(-c2ccc(N(c3ccc(-c4ccccc4)cc3)c3ccc(-c4ccc(N(c5ccccc5)c5cccc6ccccc56)cc4)cc3)cc2)cc1. The lowest BCUT2D eigenvalue weighted by atomic mass is 10.0. The van der Waals surface area contributed by atoms with Crippen LogP contribution in [0.4, 0.5) is 34.1 Å². The summed E-state index contributed by atoms with van der Waals surface area (Å²) in [4.78, 5) is 4.68. The molecule has 0 N–H and O–H groups in total. The molecule has 0 amide bonds. The molecule has 9 aromatic rings. The molecule has 0 aliphatic heterocycles. The standard InChI is InChI=1S/C52H38N2.C5H8/c1-4-13-39(14-5-1)41-23-31-47(32-24-41)53(48-33-25-42(26-34-48)40-15-6-2-7-16-40)49-35-27-43(28-36-49)44-29-37-50(38-30-44)54(46-19-8-3-9-20-46)52-22-12-18-45-17-10-11-21-51(45)52;1-3-5-4-2/h1-38H;3-5H,1H2,2H3/b;5-4-. The van der Waals surface area contributed by atoms with E-state index in [1.54, 1.807) is 6.08 Å². The zero-order valence-electron chi connectivity index (χ0n) is 33.3. The van der Waals surface area contributed by atoms with Crippen LogP contribution in [0.3, 0.4) is 0 Å². The first-order valence-electron chi connectivity index (χ1n) is 20.1. The molecule has 0 heterocycles. The van der Waals surface area contributed by atoms with E-state index in [2.05, 4.69) is 247 Å². The zero-order chi connectivity index (χ0) is 40.2. The van der Waals surface area contributed by atoms with Gasteiger partial charge in [0, 0.05) is 33.8 Å². The first-order chi connectivity index (χ1) is 29.2. The molecule has 0 saturated heterocycles. The van der Waals surface area contributed by atoms with Gasteiger partial charge in [0.05, 0.1) is 5.69 Å². The minimum Gasteiger partial charge on any atom is -0.311 e. The normalized spacial score (nSPS) is 10.8. The Morgan fingerprint density at radius 1 is 0.322 bits per heavy atom. The van der Waals surface area contributed by atoms with E-state index in [0.29, 0.717) is 0 Å². The van der Waals surface area contributed by atoms with Crippen LogP contribution in [-0.4, -0.2) is 0 Å². The van der Waals surface area contributed by atoms with E-state index in [1.165, 1.54) is 44.2 Å². The molecule has 284 valence electrons. The van der Waals surface area contributed by atoms with Gasteiger partial charge in [0.1, 0.15) is 0 Å². The van der Waals surface area contributed by atoms with Gasteiger partial charge in [-0.15, -0.1) is 0 Å². The van der Waals surface area contributed by atoms with Gasteiger partial charge in [-0.25, -0.2) is 0 Å². The van der Waals surface area contributed by atoms with Crippen molar-refractivity contribution in [2.24, 2.45) is 0 Å². The van der Waals surface area contributed by atoms with Crippen molar-refractivity contribution in [1.29, 1.82) is 0 Å². The predicted molar refractivity (Wildman–Crippen MR) is 255 cm³/mol. The highest BCUT2D eigenvalue weighted by atomic mass is 15.1. The van der Waals surface area contributed by atoms with Gasteiger partial charge in [-0.1, -0.05) is 189 Å². The van der Waals surface area contributed by atoms with Gasteiger partial charge in [-0.3, -0.25) is 0 Å². The Morgan fingerprint density at radius 2 is 0.661 bits per heavy atom. The van der Waals surface area contributed by atoms with E-state index in [9.17, 15) is 0 Å². The summed E-state index contributed by atoms with van der Waals surface area (Å²) in [5.41, 5.74) is 13.9. The van der Waals surface area contributed by atoms with Crippen LogP contribution < -0.4 is 9.80 Å². The van der Waals surface area contributed by atoms with Crippen LogP contribution in [0.5, 0.6) is 0 Å². The second kappa shape index (κ2) is 18.5. The van der Waals surface area contributed by atoms with Gasteiger partial charge in [-0.2, -0.15) is 0 Å². The van der Waals surface area contributed by atoms with Gasteiger partial charge >= 0.3 is 0 Å². The highest BCUT2D eigenvalue weighted by molar-refractivity contribution is 5.99. The van der Waals surface area contributed by atoms with E-state index in [1.807, 2.05) is 19.1 Å². The summed E-state index contributed by atoms with van der Waals surface area (Å²) in [6.07, 6.45) is 5.58. The van der Waals surface area contributed by atoms with Crippen molar-refractivity contribution >= 4 is 44.9 Å². The third kappa shape index (κ3) is 8.83. The Kier molecular flexibility index (Phi) is 12.0. The fraction of sp³-hybridized carbons (Fsp3) is 0.0175. The molecule has 0 radical (unpaired) electrons. The number of allylic oxidation sites excluding steroid dienone is 3. The van der Waals surface area contributed by atoms with E-state index in [4.69, 9.17) is 0 Å². The molecule has 0 atom stereocenters. The van der Waals surface area contributed by atoms with Crippen molar-refractivity contribution in [3.05, 3.63) is 255 Å². The van der Waals surface area contributed by atoms with Crippen molar-refractivity contribution in [1.82, 2.24) is 0 Å². The predicted octanol–water partition coefficient (Wildman–Crippen LogP) is 16.5. The molecule has 0 spiro atoms. The largest absolute Gasteiger partial charge is 0.311 e. The molecular weight excluding hydrogens is 713 g/mol. The van der Waals surface area contributed by atoms with E-state index in [-0.39, 0.29) is 0 Å². The maximum Gasteiger partial charge on any atom is 0.0540 e. The van der Waals surface area contributed by atoms with E-state index < -0.39 is 0 Å². The van der Waals surface area contributed by atoms with Crippen LogP contribution in [0.1, 0.15) is 6.92 Å². The summed E-state index contributed by atoms with van der Waals surface area (Å²) in [6.45, 7) is 5.42. The average Bonchev–Trinajstić information content (AvgIpc) is 3.32. The van der Waals surface area contributed by atoms with Crippen LogP contribution in [0, 0.1) is 0 Å². The number of rotatable bonds is 10. The summed E-state index contributed by atoms with van der Waals surface area (Å²) in [6, 6.07) is 82.4.